The van der Waals surface area contributed by atoms with Crippen molar-refractivity contribution in [2.45, 2.75) is 18.8 Å². The molecular formula is C19H21BN2O6. The number of carbonyl (C=O) groups is 1. The molecule has 3 rings (SSSR count). The Morgan fingerprint density at radius 2 is 1.86 bits per heavy atom. The van der Waals surface area contributed by atoms with E-state index in [0.29, 0.717) is 24.5 Å². The van der Waals surface area contributed by atoms with Gasteiger partial charge in [-0.3, -0.25) is 5.41 Å². The predicted octanol–water partition coefficient (Wildman–Crippen LogP) is 1.19. The maximum atomic E-state index is 11.6. The van der Waals surface area contributed by atoms with E-state index >= 15 is 0 Å². The number of carboxylic acid groups (broad SMARTS) is 1. The van der Waals surface area contributed by atoms with Gasteiger partial charge in [-0.1, -0.05) is 36.4 Å². The lowest BCUT2D eigenvalue weighted by Gasteiger charge is -2.40. The van der Waals surface area contributed by atoms with Gasteiger partial charge in [0, 0.05) is 5.56 Å². The fourth-order valence-corrected chi connectivity index (χ4v) is 3.06. The number of hydrogen-bond acceptors (Lipinski definition) is 6. The Kier molecular flexibility index (Phi) is 5.86. The Balaban J connectivity index is 1.67. The smallest absolute Gasteiger partial charge is 0.451 e. The van der Waals surface area contributed by atoms with E-state index in [0.717, 1.165) is 5.56 Å². The normalized spacial score (nSPS) is 13.7. The molecule has 1 heterocycles. The number of hydrogen-bond donors (Lipinski definition) is 5. The molecule has 1 fully saturated rings. The average Bonchev–Trinajstić information content (AvgIpc) is 2.63. The fraction of sp³-hybridized carbons (Fsp3) is 0.263. The number of phenols is 1. The molecular weight excluding hydrogens is 363 g/mol. The first-order chi connectivity index (χ1) is 13.4. The van der Waals surface area contributed by atoms with E-state index < -0.39 is 18.8 Å². The quantitative estimate of drug-likeness (QED) is 0.275. The molecule has 0 amide bonds. The predicted molar refractivity (Wildman–Crippen MR) is 103 cm³/mol. The van der Waals surface area contributed by atoms with Gasteiger partial charge < -0.3 is 29.9 Å². The highest BCUT2D eigenvalue weighted by Gasteiger charge is 2.32. The largest absolute Gasteiger partial charge is 0.507 e. The number of carboxylic acids is 1. The van der Waals surface area contributed by atoms with Gasteiger partial charge in [-0.15, -0.1) is 0 Å². The molecule has 8 nitrogen and oxygen atoms in total. The van der Waals surface area contributed by atoms with Gasteiger partial charge >= 0.3 is 13.1 Å². The van der Waals surface area contributed by atoms with Gasteiger partial charge in [0.25, 0.3) is 0 Å². The van der Waals surface area contributed by atoms with Crippen molar-refractivity contribution in [2.24, 2.45) is 0 Å². The molecule has 0 spiro atoms. The average molecular weight is 384 g/mol. The van der Waals surface area contributed by atoms with Crippen LogP contribution in [0.15, 0.2) is 42.5 Å². The highest BCUT2D eigenvalue weighted by Crippen LogP contribution is 2.34. The van der Waals surface area contributed by atoms with Crippen LogP contribution in [-0.4, -0.2) is 63.3 Å². The standard InChI is InChI=1S/C19H21BN2O6/c21-18(13-4-2-1-3-5-13)22-10-14(11-22)28-15-7-6-12(8-9-20(26)27)17(23)16(15)19(24)25/h1-7,14,21,23,26-27H,8-11H2,(H,24,25). The van der Waals surface area contributed by atoms with Crippen LogP contribution >= 0.6 is 0 Å². The number of nitrogens with zero attached hydrogens (tertiary/aromatic N) is 1. The molecule has 28 heavy (non-hydrogen) atoms. The number of nitrogens with one attached hydrogen (secondary N) is 1. The van der Waals surface area contributed by atoms with Crippen LogP contribution in [-0.2, 0) is 6.42 Å². The lowest BCUT2D eigenvalue weighted by molar-refractivity contribution is 0.0596. The van der Waals surface area contributed by atoms with Crippen LogP contribution in [0.2, 0.25) is 6.32 Å². The van der Waals surface area contributed by atoms with Crippen molar-refractivity contribution < 1.29 is 29.8 Å². The first-order valence-corrected chi connectivity index (χ1v) is 8.86. The molecule has 0 unspecified atom stereocenters. The number of likely N-dealkylation sites (tertiary alicyclic amines) is 1. The number of rotatable bonds is 7. The van der Waals surface area contributed by atoms with Crippen LogP contribution in [0.25, 0.3) is 0 Å². The van der Waals surface area contributed by atoms with E-state index in [9.17, 15) is 15.0 Å². The van der Waals surface area contributed by atoms with Crippen molar-refractivity contribution in [3.63, 3.8) is 0 Å². The Morgan fingerprint density at radius 3 is 2.46 bits per heavy atom. The van der Waals surface area contributed by atoms with Crippen LogP contribution in [0, 0.1) is 5.41 Å². The summed E-state index contributed by atoms with van der Waals surface area (Å²) in [5.74, 6) is -1.33. The molecule has 1 aliphatic rings. The summed E-state index contributed by atoms with van der Waals surface area (Å²) in [5, 5.41) is 45.9. The minimum Gasteiger partial charge on any atom is -0.507 e. The van der Waals surface area contributed by atoms with Gasteiger partial charge in [0.05, 0.1) is 13.1 Å². The molecule has 146 valence electrons. The Labute approximate surface area is 162 Å². The van der Waals surface area contributed by atoms with E-state index in [1.165, 1.54) is 12.1 Å². The van der Waals surface area contributed by atoms with Gasteiger partial charge in [-0.05, 0) is 24.4 Å². The van der Waals surface area contributed by atoms with Crippen molar-refractivity contribution in [1.82, 2.24) is 4.90 Å². The molecule has 0 atom stereocenters. The summed E-state index contributed by atoms with van der Waals surface area (Å²) >= 11 is 0. The molecule has 1 saturated heterocycles. The summed E-state index contributed by atoms with van der Waals surface area (Å²) in [6.07, 6.45) is -0.201. The summed E-state index contributed by atoms with van der Waals surface area (Å²) in [6.45, 7) is 0.873. The number of amidine groups is 1. The summed E-state index contributed by atoms with van der Waals surface area (Å²) in [6, 6.07) is 12.3. The Hall–Kier alpha value is -3.04. The minimum atomic E-state index is -1.54. The van der Waals surface area contributed by atoms with E-state index in [-0.39, 0.29) is 30.2 Å². The molecule has 2 aromatic carbocycles. The number of ether oxygens (including phenoxy) is 1. The van der Waals surface area contributed by atoms with Gasteiger partial charge in [0.15, 0.2) is 0 Å². The second-order valence-corrected chi connectivity index (χ2v) is 6.63. The second-order valence-electron chi connectivity index (χ2n) is 6.63. The minimum absolute atomic E-state index is 0.0218. The fourth-order valence-electron chi connectivity index (χ4n) is 3.06. The van der Waals surface area contributed by atoms with Crippen molar-refractivity contribution in [2.75, 3.05) is 13.1 Å². The first kappa shape index (κ1) is 19.7. The van der Waals surface area contributed by atoms with Gasteiger partial charge in [0.2, 0.25) is 0 Å². The van der Waals surface area contributed by atoms with Crippen LogP contribution in [0.3, 0.4) is 0 Å². The third-order valence-electron chi connectivity index (χ3n) is 4.61. The summed E-state index contributed by atoms with van der Waals surface area (Å²) < 4.78 is 5.74. The zero-order valence-electron chi connectivity index (χ0n) is 15.1. The lowest BCUT2D eigenvalue weighted by Crippen LogP contribution is -2.56. The van der Waals surface area contributed by atoms with E-state index in [2.05, 4.69) is 0 Å². The van der Waals surface area contributed by atoms with Crippen LogP contribution in [0.5, 0.6) is 11.5 Å². The zero-order valence-corrected chi connectivity index (χ0v) is 15.1. The van der Waals surface area contributed by atoms with Crippen molar-refractivity contribution >= 4 is 18.9 Å². The Bertz CT molecular complexity index is 868. The van der Waals surface area contributed by atoms with Crippen molar-refractivity contribution in [1.29, 1.82) is 5.41 Å². The SMILES string of the molecule is N=C(c1ccccc1)N1CC(Oc2ccc(CCB(O)O)c(O)c2C(=O)O)C1. The maximum absolute atomic E-state index is 11.6. The van der Waals surface area contributed by atoms with Gasteiger partial charge in [0.1, 0.15) is 29.0 Å². The number of aromatic carboxylic acids is 1. The van der Waals surface area contributed by atoms with Crippen LogP contribution in [0.1, 0.15) is 21.5 Å². The van der Waals surface area contributed by atoms with E-state index in [4.69, 9.17) is 20.2 Å². The third-order valence-corrected chi connectivity index (χ3v) is 4.61. The topological polar surface area (TPSA) is 134 Å². The number of aryl methyl sites for hydroxylation is 1. The first-order valence-electron chi connectivity index (χ1n) is 8.86. The summed E-state index contributed by atoms with van der Waals surface area (Å²) in [7, 11) is -1.54. The lowest BCUT2D eigenvalue weighted by atomic mass is 9.82. The molecule has 2 aromatic rings. The van der Waals surface area contributed by atoms with Crippen molar-refractivity contribution in [3.05, 3.63) is 59.2 Å². The molecule has 0 bridgehead atoms. The molecule has 5 N–H and O–H groups in total. The monoisotopic (exact) mass is 384 g/mol. The van der Waals surface area contributed by atoms with Gasteiger partial charge in [-0.25, -0.2) is 4.79 Å². The molecule has 0 radical (unpaired) electrons. The second kappa shape index (κ2) is 8.32. The number of aromatic hydroxyl groups is 1. The maximum Gasteiger partial charge on any atom is 0.451 e. The van der Waals surface area contributed by atoms with Gasteiger partial charge in [-0.2, -0.15) is 0 Å². The highest BCUT2D eigenvalue weighted by molar-refractivity contribution is 6.41. The third kappa shape index (κ3) is 4.27. The van der Waals surface area contributed by atoms with Crippen LogP contribution in [0.4, 0.5) is 0 Å². The van der Waals surface area contributed by atoms with Crippen molar-refractivity contribution in [3.8, 4) is 11.5 Å². The number of benzene rings is 2. The van der Waals surface area contributed by atoms with E-state index in [1.54, 1.807) is 0 Å². The molecule has 9 heteroatoms. The van der Waals surface area contributed by atoms with Crippen LogP contribution < -0.4 is 4.74 Å². The molecule has 1 aliphatic heterocycles. The summed E-state index contributed by atoms with van der Waals surface area (Å²) in [5.41, 5.74) is 0.751. The summed E-state index contributed by atoms with van der Waals surface area (Å²) in [4.78, 5) is 13.4. The molecule has 0 aromatic heterocycles. The zero-order chi connectivity index (χ0) is 20.3. The Morgan fingerprint density at radius 1 is 1.18 bits per heavy atom. The molecule has 0 aliphatic carbocycles. The van der Waals surface area contributed by atoms with E-state index in [1.807, 2.05) is 35.2 Å². The molecule has 0 saturated carbocycles. The highest BCUT2D eigenvalue weighted by atomic mass is 16.5.